The Bertz CT molecular complexity index is 1080. The molecule has 3 rings (SSSR count). The fourth-order valence-electron chi connectivity index (χ4n) is 3.04. The summed E-state index contributed by atoms with van der Waals surface area (Å²) in [5, 5.41) is 5.16. The lowest BCUT2D eigenvalue weighted by Gasteiger charge is -2.14. The molecule has 0 heterocycles. The van der Waals surface area contributed by atoms with E-state index < -0.39 is 9.84 Å². The summed E-state index contributed by atoms with van der Waals surface area (Å²) < 4.78 is 23.3. The van der Waals surface area contributed by atoms with Crippen molar-refractivity contribution >= 4 is 32.2 Å². The quantitative estimate of drug-likeness (QED) is 0.683. The molecular formula is C21H23N2O3S+. The molecule has 0 saturated heterocycles. The van der Waals surface area contributed by atoms with Gasteiger partial charge in [-0.2, -0.15) is 0 Å². The monoisotopic (exact) mass is 383 g/mol. The molecule has 0 bridgehead atoms. The zero-order valence-corrected chi connectivity index (χ0v) is 16.2. The molecule has 3 aromatic rings. The summed E-state index contributed by atoms with van der Waals surface area (Å²) in [6.45, 7) is 1.01. The number of quaternary nitrogens is 1. The van der Waals surface area contributed by atoms with Crippen LogP contribution in [0.3, 0.4) is 0 Å². The van der Waals surface area contributed by atoms with E-state index in [4.69, 9.17) is 0 Å². The Morgan fingerprint density at radius 2 is 1.70 bits per heavy atom. The molecule has 1 atom stereocenters. The summed E-state index contributed by atoms with van der Waals surface area (Å²) in [5.74, 6) is -0.154. The predicted molar refractivity (Wildman–Crippen MR) is 108 cm³/mol. The zero-order valence-electron chi connectivity index (χ0n) is 15.4. The minimum atomic E-state index is -3.30. The first kappa shape index (κ1) is 19.1. The number of benzene rings is 3. The average molecular weight is 383 g/mol. The fraction of sp³-hybridized carbons (Fsp3) is 0.190. The van der Waals surface area contributed by atoms with Crippen LogP contribution in [0.1, 0.15) is 5.56 Å². The summed E-state index contributed by atoms with van der Waals surface area (Å²) in [6.07, 6.45) is 1.15. The van der Waals surface area contributed by atoms with E-state index in [0.717, 1.165) is 23.3 Å². The van der Waals surface area contributed by atoms with E-state index in [2.05, 4.69) is 35.6 Å². The maximum atomic E-state index is 12.3. The summed E-state index contributed by atoms with van der Waals surface area (Å²) in [7, 11) is -1.34. The van der Waals surface area contributed by atoms with Gasteiger partial charge in [0.1, 0.15) is 6.54 Å². The number of nitrogens with one attached hydrogen (secondary N) is 2. The van der Waals surface area contributed by atoms with Crippen molar-refractivity contribution in [2.24, 2.45) is 0 Å². The number of likely N-dealkylation sites (N-methyl/N-ethyl adjacent to an activating group) is 1. The first-order chi connectivity index (χ1) is 12.8. The van der Waals surface area contributed by atoms with Gasteiger partial charge >= 0.3 is 0 Å². The molecule has 6 heteroatoms. The van der Waals surface area contributed by atoms with Gasteiger partial charge in [-0.15, -0.1) is 0 Å². The summed E-state index contributed by atoms with van der Waals surface area (Å²) in [4.78, 5) is 13.5. The van der Waals surface area contributed by atoms with Crippen molar-refractivity contribution in [3.8, 4) is 0 Å². The number of sulfone groups is 1. The molecule has 0 aromatic heterocycles. The SMILES string of the molecule is C[NH+](CC(=O)Nc1cccc(S(C)(=O)=O)c1)Cc1ccc2ccccc2c1. The molecule has 140 valence electrons. The Morgan fingerprint density at radius 3 is 2.44 bits per heavy atom. The van der Waals surface area contributed by atoms with Gasteiger partial charge in [-0.25, -0.2) is 8.42 Å². The molecule has 1 unspecified atom stereocenters. The van der Waals surface area contributed by atoms with Gasteiger partial charge in [0.25, 0.3) is 5.91 Å². The van der Waals surface area contributed by atoms with Gasteiger partial charge < -0.3 is 10.2 Å². The van der Waals surface area contributed by atoms with Crippen LogP contribution in [0.5, 0.6) is 0 Å². The van der Waals surface area contributed by atoms with Crippen molar-refractivity contribution in [1.29, 1.82) is 0 Å². The summed E-state index contributed by atoms with van der Waals surface area (Å²) in [6, 6.07) is 20.8. The molecule has 3 aromatic carbocycles. The van der Waals surface area contributed by atoms with Crippen molar-refractivity contribution in [2.75, 3.05) is 25.2 Å². The standard InChI is InChI=1S/C21H22N2O3S/c1-23(14-16-10-11-17-6-3-4-7-18(17)12-16)15-21(24)22-19-8-5-9-20(13-19)27(2,25)26/h3-13H,14-15H2,1-2H3,(H,22,24)/p+1. The van der Waals surface area contributed by atoms with E-state index in [1.165, 1.54) is 22.9 Å². The number of carbonyl (C=O) groups is 1. The van der Waals surface area contributed by atoms with Crippen LogP contribution >= 0.6 is 0 Å². The maximum absolute atomic E-state index is 12.3. The van der Waals surface area contributed by atoms with Gasteiger partial charge in [0.05, 0.1) is 11.9 Å². The van der Waals surface area contributed by atoms with Crippen LogP contribution in [0.2, 0.25) is 0 Å². The highest BCUT2D eigenvalue weighted by atomic mass is 32.2. The minimum absolute atomic E-state index is 0.154. The van der Waals surface area contributed by atoms with Crippen LogP contribution in [-0.2, 0) is 21.2 Å². The zero-order chi connectivity index (χ0) is 19.4. The molecule has 1 amide bonds. The lowest BCUT2D eigenvalue weighted by atomic mass is 10.1. The van der Waals surface area contributed by atoms with Crippen LogP contribution in [0.25, 0.3) is 10.8 Å². The van der Waals surface area contributed by atoms with Gasteiger partial charge in [0, 0.05) is 17.5 Å². The Morgan fingerprint density at radius 1 is 0.963 bits per heavy atom. The third-order valence-electron chi connectivity index (χ3n) is 4.33. The second-order valence-corrected chi connectivity index (χ2v) is 8.86. The topological polar surface area (TPSA) is 67.7 Å². The fourth-order valence-corrected chi connectivity index (χ4v) is 3.71. The van der Waals surface area contributed by atoms with Crippen LogP contribution in [0.4, 0.5) is 5.69 Å². The molecule has 0 aliphatic rings. The molecule has 0 spiro atoms. The average Bonchev–Trinajstić information content (AvgIpc) is 2.61. The van der Waals surface area contributed by atoms with Crippen molar-refractivity contribution in [2.45, 2.75) is 11.4 Å². The van der Waals surface area contributed by atoms with Gasteiger partial charge in [-0.1, -0.05) is 42.5 Å². The molecule has 0 saturated carbocycles. The highest BCUT2D eigenvalue weighted by Gasteiger charge is 2.13. The van der Waals surface area contributed by atoms with E-state index in [-0.39, 0.29) is 17.3 Å². The van der Waals surface area contributed by atoms with E-state index in [1.54, 1.807) is 12.1 Å². The molecule has 27 heavy (non-hydrogen) atoms. The smallest absolute Gasteiger partial charge is 0.279 e. The number of rotatable bonds is 6. The maximum Gasteiger partial charge on any atom is 0.279 e. The van der Waals surface area contributed by atoms with E-state index in [9.17, 15) is 13.2 Å². The lowest BCUT2D eigenvalue weighted by Crippen LogP contribution is -3.08. The first-order valence-electron chi connectivity index (χ1n) is 8.70. The lowest BCUT2D eigenvalue weighted by molar-refractivity contribution is -0.885. The van der Waals surface area contributed by atoms with Crippen molar-refractivity contribution < 1.29 is 18.1 Å². The highest BCUT2D eigenvalue weighted by molar-refractivity contribution is 7.90. The van der Waals surface area contributed by atoms with Crippen molar-refractivity contribution in [3.05, 3.63) is 72.3 Å². The van der Waals surface area contributed by atoms with Crippen molar-refractivity contribution in [1.82, 2.24) is 0 Å². The van der Waals surface area contributed by atoms with Crippen LogP contribution in [0.15, 0.2) is 71.6 Å². The number of hydrogen-bond acceptors (Lipinski definition) is 3. The predicted octanol–water partition coefficient (Wildman–Crippen LogP) is 1.90. The third-order valence-corrected chi connectivity index (χ3v) is 5.44. The molecule has 0 radical (unpaired) electrons. The summed E-state index contributed by atoms with van der Waals surface area (Å²) in [5.41, 5.74) is 1.65. The Hall–Kier alpha value is -2.70. The second-order valence-electron chi connectivity index (χ2n) is 6.84. The molecular weight excluding hydrogens is 360 g/mol. The Kier molecular flexibility index (Phi) is 5.58. The molecule has 2 N–H and O–H groups in total. The van der Waals surface area contributed by atoms with Gasteiger partial charge in [-0.05, 0) is 35.0 Å². The Labute approximate surface area is 159 Å². The third kappa shape index (κ3) is 5.15. The van der Waals surface area contributed by atoms with Crippen LogP contribution in [-0.4, -0.2) is 34.2 Å². The first-order valence-corrected chi connectivity index (χ1v) is 10.6. The van der Waals surface area contributed by atoms with Gasteiger partial charge in [0.2, 0.25) is 0 Å². The minimum Gasteiger partial charge on any atom is -0.326 e. The molecule has 0 aliphatic heterocycles. The summed E-state index contributed by atoms with van der Waals surface area (Å²) >= 11 is 0. The number of amides is 1. The second kappa shape index (κ2) is 7.90. The van der Waals surface area contributed by atoms with E-state index in [1.807, 2.05) is 19.2 Å². The number of hydrogen-bond donors (Lipinski definition) is 2. The molecule has 5 nitrogen and oxygen atoms in total. The van der Waals surface area contributed by atoms with Gasteiger partial charge in [-0.3, -0.25) is 4.79 Å². The number of carbonyl (C=O) groups excluding carboxylic acids is 1. The van der Waals surface area contributed by atoms with Crippen molar-refractivity contribution in [3.63, 3.8) is 0 Å². The number of fused-ring (bicyclic) bond motifs is 1. The molecule has 0 fully saturated rings. The molecule has 0 aliphatic carbocycles. The van der Waals surface area contributed by atoms with Crippen LogP contribution < -0.4 is 10.2 Å². The highest BCUT2D eigenvalue weighted by Crippen LogP contribution is 2.16. The van der Waals surface area contributed by atoms with Crippen LogP contribution in [0, 0.1) is 0 Å². The van der Waals surface area contributed by atoms with E-state index in [0.29, 0.717) is 5.69 Å². The van der Waals surface area contributed by atoms with Gasteiger partial charge in [0.15, 0.2) is 16.4 Å². The van der Waals surface area contributed by atoms with E-state index >= 15 is 0 Å². The Balaban J connectivity index is 1.61. The largest absolute Gasteiger partial charge is 0.326 e. The normalized spacial score (nSPS) is 12.7. The number of anilines is 1.